The van der Waals surface area contributed by atoms with Crippen molar-refractivity contribution in [3.8, 4) is 0 Å². The van der Waals surface area contributed by atoms with Crippen molar-refractivity contribution in [3.05, 3.63) is 20.8 Å². The molecule has 1 unspecified atom stereocenters. The first-order valence-corrected chi connectivity index (χ1v) is 5.96. The molecule has 0 aliphatic carbocycles. The Kier molecular flexibility index (Phi) is 2.69. The lowest BCUT2D eigenvalue weighted by Gasteiger charge is -1.96. The van der Waals surface area contributed by atoms with E-state index in [1.54, 1.807) is 11.3 Å². The van der Waals surface area contributed by atoms with Crippen LogP contribution in [-0.2, 0) is 4.79 Å². The predicted octanol–water partition coefficient (Wildman–Crippen LogP) is 2.17. The van der Waals surface area contributed by atoms with E-state index in [0.717, 1.165) is 15.1 Å². The molecule has 0 saturated carbocycles. The molecule has 0 aromatic carbocycles. The molecule has 1 aliphatic rings. The highest BCUT2D eigenvalue weighted by atomic mass is 79.9. The fourth-order valence-corrected chi connectivity index (χ4v) is 2.63. The van der Waals surface area contributed by atoms with Crippen molar-refractivity contribution in [2.24, 2.45) is 4.99 Å². The van der Waals surface area contributed by atoms with Crippen molar-refractivity contribution in [1.82, 2.24) is 5.32 Å². The van der Waals surface area contributed by atoms with Crippen LogP contribution in [0.1, 0.15) is 18.2 Å². The van der Waals surface area contributed by atoms with Crippen molar-refractivity contribution in [3.63, 3.8) is 0 Å². The summed E-state index contributed by atoms with van der Waals surface area (Å²) in [5.41, 5.74) is 0. The lowest BCUT2D eigenvalue weighted by molar-refractivity contribution is -0.120. The van der Waals surface area contributed by atoms with E-state index in [1.807, 2.05) is 19.1 Å². The van der Waals surface area contributed by atoms with E-state index >= 15 is 0 Å². The van der Waals surface area contributed by atoms with Gasteiger partial charge in [0.05, 0.1) is 8.66 Å². The van der Waals surface area contributed by atoms with Gasteiger partial charge in [0, 0.05) is 0 Å². The second kappa shape index (κ2) is 3.82. The molecule has 1 atom stereocenters. The number of thiophene rings is 1. The first-order chi connectivity index (χ1) is 6.70. The molecule has 0 radical (unpaired) electrons. The minimum absolute atomic E-state index is 0.00650. The number of amides is 1. The monoisotopic (exact) mass is 272 g/mol. The minimum atomic E-state index is -0.203. The van der Waals surface area contributed by atoms with Gasteiger partial charge in [-0.1, -0.05) is 6.92 Å². The molecule has 1 aromatic heterocycles. The number of hydrogen-bond donors (Lipinski definition) is 1. The van der Waals surface area contributed by atoms with Crippen LogP contribution in [0, 0.1) is 0 Å². The van der Waals surface area contributed by atoms with Gasteiger partial charge in [-0.15, -0.1) is 11.3 Å². The molecule has 3 nitrogen and oxygen atoms in total. The molecular formula is C9H9BrN2OS. The van der Waals surface area contributed by atoms with E-state index in [0.29, 0.717) is 5.84 Å². The third-order valence-electron chi connectivity index (χ3n) is 2.02. The number of nitrogens with zero attached hydrogens (tertiary/aromatic N) is 1. The molecule has 2 heterocycles. The number of carbonyl (C=O) groups excluding carboxylic acids is 1. The van der Waals surface area contributed by atoms with E-state index < -0.39 is 0 Å². The summed E-state index contributed by atoms with van der Waals surface area (Å²) in [5.74, 6) is 0.713. The van der Waals surface area contributed by atoms with Gasteiger partial charge in [0.1, 0.15) is 11.9 Å². The molecule has 1 N–H and O–H groups in total. The Morgan fingerprint density at radius 2 is 2.43 bits per heavy atom. The summed E-state index contributed by atoms with van der Waals surface area (Å²) >= 11 is 4.95. The van der Waals surface area contributed by atoms with E-state index in [2.05, 4.69) is 26.2 Å². The molecule has 0 saturated heterocycles. The van der Waals surface area contributed by atoms with Crippen LogP contribution in [-0.4, -0.2) is 17.8 Å². The van der Waals surface area contributed by atoms with Gasteiger partial charge in [-0.3, -0.25) is 9.79 Å². The van der Waals surface area contributed by atoms with Gasteiger partial charge < -0.3 is 5.32 Å². The van der Waals surface area contributed by atoms with Gasteiger partial charge >= 0.3 is 0 Å². The molecular weight excluding hydrogens is 264 g/mol. The van der Waals surface area contributed by atoms with Crippen LogP contribution in [0.2, 0.25) is 0 Å². The number of nitrogens with one attached hydrogen (secondary N) is 1. The molecule has 0 fully saturated rings. The lowest BCUT2D eigenvalue weighted by Crippen LogP contribution is -2.28. The van der Waals surface area contributed by atoms with Crippen molar-refractivity contribution in [2.75, 3.05) is 0 Å². The van der Waals surface area contributed by atoms with E-state index in [1.165, 1.54) is 0 Å². The maximum atomic E-state index is 11.4. The summed E-state index contributed by atoms with van der Waals surface area (Å²) in [5, 5.41) is 2.79. The van der Waals surface area contributed by atoms with E-state index in [9.17, 15) is 4.79 Å². The average molecular weight is 273 g/mol. The third kappa shape index (κ3) is 1.74. The number of halogens is 1. The Bertz CT molecular complexity index is 399. The summed E-state index contributed by atoms with van der Waals surface area (Å²) in [6.45, 7) is 1.96. The molecule has 5 heteroatoms. The number of carbonyl (C=O) groups is 1. The molecule has 2 rings (SSSR count). The molecule has 74 valence electrons. The predicted molar refractivity (Wildman–Crippen MR) is 60.8 cm³/mol. The Labute approximate surface area is 94.4 Å². The fraction of sp³-hybridized carbons (Fsp3) is 0.333. The first-order valence-electron chi connectivity index (χ1n) is 4.35. The maximum Gasteiger partial charge on any atom is 0.250 e. The Balaban J connectivity index is 2.25. The number of amidine groups is 1. The van der Waals surface area contributed by atoms with Gasteiger partial charge in [0.2, 0.25) is 5.91 Å². The van der Waals surface area contributed by atoms with Crippen molar-refractivity contribution in [2.45, 2.75) is 19.4 Å². The van der Waals surface area contributed by atoms with Crippen LogP contribution in [0.5, 0.6) is 0 Å². The normalized spacial score (nSPS) is 20.9. The summed E-state index contributed by atoms with van der Waals surface area (Å²) in [6.07, 6.45) is 0.752. The van der Waals surface area contributed by atoms with Crippen LogP contribution in [0.3, 0.4) is 0 Å². The molecule has 1 aliphatic heterocycles. The highest BCUT2D eigenvalue weighted by molar-refractivity contribution is 9.11. The average Bonchev–Trinajstić information content (AvgIpc) is 2.71. The molecule has 14 heavy (non-hydrogen) atoms. The quantitative estimate of drug-likeness (QED) is 0.881. The van der Waals surface area contributed by atoms with E-state index in [-0.39, 0.29) is 11.9 Å². The maximum absolute atomic E-state index is 11.4. The second-order valence-electron chi connectivity index (χ2n) is 2.99. The minimum Gasteiger partial charge on any atom is -0.308 e. The summed E-state index contributed by atoms with van der Waals surface area (Å²) in [7, 11) is 0. The third-order valence-corrected chi connectivity index (χ3v) is 3.65. The van der Waals surface area contributed by atoms with Crippen molar-refractivity contribution >= 4 is 39.0 Å². The Hall–Kier alpha value is -0.680. The second-order valence-corrected chi connectivity index (χ2v) is 5.46. The zero-order chi connectivity index (χ0) is 10.1. The topological polar surface area (TPSA) is 41.5 Å². The molecule has 0 bridgehead atoms. The number of hydrogen-bond acceptors (Lipinski definition) is 3. The lowest BCUT2D eigenvalue weighted by atomic mass is 10.2. The SMILES string of the molecule is CCC1N=C(c2ccc(Br)s2)NC1=O. The Morgan fingerprint density at radius 3 is 2.93 bits per heavy atom. The van der Waals surface area contributed by atoms with Gasteiger partial charge in [-0.2, -0.15) is 0 Å². The number of aliphatic imine (C=N–C) groups is 1. The Morgan fingerprint density at radius 1 is 1.64 bits per heavy atom. The van der Waals surface area contributed by atoms with E-state index in [4.69, 9.17) is 0 Å². The largest absolute Gasteiger partial charge is 0.308 e. The highest BCUT2D eigenvalue weighted by Gasteiger charge is 2.25. The highest BCUT2D eigenvalue weighted by Crippen LogP contribution is 2.23. The molecule has 1 aromatic rings. The fourth-order valence-electron chi connectivity index (χ4n) is 1.29. The van der Waals surface area contributed by atoms with Crippen molar-refractivity contribution < 1.29 is 4.79 Å². The van der Waals surface area contributed by atoms with Gasteiger partial charge in [0.15, 0.2) is 0 Å². The summed E-state index contributed by atoms with van der Waals surface area (Å²) in [6, 6.07) is 3.70. The molecule has 0 spiro atoms. The summed E-state index contributed by atoms with van der Waals surface area (Å²) < 4.78 is 1.05. The van der Waals surface area contributed by atoms with Gasteiger partial charge in [0.25, 0.3) is 0 Å². The molecule has 1 amide bonds. The van der Waals surface area contributed by atoms with Gasteiger partial charge in [-0.05, 0) is 34.5 Å². The standard InChI is InChI=1S/C9H9BrN2OS/c1-2-5-9(13)12-8(11-5)6-3-4-7(10)14-6/h3-5H,2H2,1H3,(H,11,12,13). The smallest absolute Gasteiger partial charge is 0.250 e. The van der Waals surface area contributed by atoms with Crippen LogP contribution >= 0.6 is 27.3 Å². The van der Waals surface area contributed by atoms with Crippen LogP contribution in [0.15, 0.2) is 20.9 Å². The van der Waals surface area contributed by atoms with Crippen LogP contribution in [0.4, 0.5) is 0 Å². The zero-order valence-corrected chi connectivity index (χ0v) is 9.98. The zero-order valence-electron chi connectivity index (χ0n) is 7.58. The number of rotatable bonds is 2. The first kappa shape index (κ1) is 9.86. The van der Waals surface area contributed by atoms with Crippen molar-refractivity contribution in [1.29, 1.82) is 0 Å². The van der Waals surface area contributed by atoms with Crippen LogP contribution < -0.4 is 5.32 Å². The summed E-state index contributed by atoms with van der Waals surface area (Å²) in [4.78, 5) is 16.7. The van der Waals surface area contributed by atoms with Crippen LogP contribution in [0.25, 0.3) is 0 Å². The van der Waals surface area contributed by atoms with Gasteiger partial charge in [-0.25, -0.2) is 0 Å².